The van der Waals surface area contributed by atoms with Gasteiger partial charge in [-0.3, -0.25) is 4.79 Å². The molecule has 7 nitrogen and oxygen atoms in total. The highest BCUT2D eigenvalue weighted by molar-refractivity contribution is 6.15. The molecule has 1 aromatic carbocycles. The third-order valence-corrected chi connectivity index (χ3v) is 3.13. The van der Waals surface area contributed by atoms with Crippen molar-refractivity contribution in [3.8, 4) is 0 Å². The normalized spacial score (nSPS) is 16.3. The Morgan fingerprint density at radius 1 is 1.13 bits per heavy atom. The SMILES string of the molecule is CC(=O)Nc1cccc(NC=C2C(=O)OC(C)(C)OC2=O)c1C. The van der Waals surface area contributed by atoms with E-state index in [1.54, 1.807) is 25.1 Å². The van der Waals surface area contributed by atoms with Crippen LogP contribution < -0.4 is 10.6 Å². The Hall–Kier alpha value is -2.83. The molecular weight excluding hydrogens is 300 g/mol. The highest BCUT2D eigenvalue weighted by Crippen LogP contribution is 2.25. The molecule has 1 saturated heterocycles. The Balaban J connectivity index is 2.22. The molecule has 1 fully saturated rings. The molecule has 1 aliphatic heterocycles. The van der Waals surface area contributed by atoms with Crippen LogP contribution in [0.25, 0.3) is 0 Å². The summed E-state index contributed by atoms with van der Waals surface area (Å²) >= 11 is 0. The number of carbonyl (C=O) groups excluding carboxylic acids is 3. The highest BCUT2D eigenvalue weighted by atomic mass is 16.7. The summed E-state index contributed by atoms with van der Waals surface area (Å²) in [6, 6.07) is 5.24. The van der Waals surface area contributed by atoms with E-state index < -0.39 is 17.7 Å². The molecule has 23 heavy (non-hydrogen) atoms. The van der Waals surface area contributed by atoms with Crippen LogP contribution in [0.15, 0.2) is 30.0 Å². The lowest BCUT2D eigenvalue weighted by atomic mass is 10.1. The summed E-state index contributed by atoms with van der Waals surface area (Å²) in [5.74, 6) is -2.97. The Morgan fingerprint density at radius 3 is 2.26 bits per heavy atom. The van der Waals surface area contributed by atoms with Crippen molar-refractivity contribution >= 4 is 29.2 Å². The lowest BCUT2D eigenvalue weighted by molar-refractivity contribution is -0.222. The molecule has 0 radical (unpaired) electrons. The zero-order valence-corrected chi connectivity index (χ0v) is 13.4. The number of anilines is 2. The largest absolute Gasteiger partial charge is 0.419 e. The monoisotopic (exact) mass is 318 g/mol. The number of cyclic esters (lactones) is 2. The van der Waals surface area contributed by atoms with E-state index in [-0.39, 0.29) is 11.5 Å². The van der Waals surface area contributed by atoms with Crippen LogP contribution in [0.3, 0.4) is 0 Å². The van der Waals surface area contributed by atoms with E-state index in [0.29, 0.717) is 11.4 Å². The molecule has 122 valence electrons. The van der Waals surface area contributed by atoms with Crippen LogP contribution in [0.5, 0.6) is 0 Å². The topological polar surface area (TPSA) is 93.7 Å². The van der Waals surface area contributed by atoms with Crippen LogP contribution in [0.1, 0.15) is 26.3 Å². The molecule has 7 heteroatoms. The Bertz CT molecular complexity index is 684. The molecule has 1 amide bonds. The van der Waals surface area contributed by atoms with Gasteiger partial charge in [0.25, 0.3) is 5.79 Å². The second kappa shape index (κ2) is 6.12. The highest BCUT2D eigenvalue weighted by Gasteiger charge is 2.38. The quantitative estimate of drug-likeness (QED) is 0.503. The molecule has 0 unspecified atom stereocenters. The van der Waals surface area contributed by atoms with Gasteiger partial charge in [0.05, 0.1) is 0 Å². The first-order chi connectivity index (χ1) is 10.7. The summed E-state index contributed by atoms with van der Waals surface area (Å²) in [6.45, 7) is 6.17. The van der Waals surface area contributed by atoms with Gasteiger partial charge < -0.3 is 20.1 Å². The number of hydrogen-bond donors (Lipinski definition) is 2. The molecule has 0 bridgehead atoms. The Labute approximate surface area is 133 Å². The van der Waals surface area contributed by atoms with Crippen molar-refractivity contribution in [2.75, 3.05) is 10.6 Å². The number of nitrogens with one attached hydrogen (secondary N) is 2. The number of ether oxygens (including phenoxy) is 2. The van der Waals surface area contributed by atoms with Gasteiger partial charge in [0.2, 0.25) is 5.91 Å². The summed E-state index contributed by atoms with van der Waals surface area (Å²) in [7, 11) is 0. The van der Waals surface area contributed by atoms with E-state index in [1.807, 2.05) is 0 Å². The number of esters is 2. The van der Waals surface area contributed by atoms with E-state index in [1.165, 1.54) is 27.0 Å². The molecule has 0 aromatic heterocycles. The second-order valence-electron chi connectivity index (χ2n) is 5.54. The van der Waals surface area contributed by atoms with Gasteiger partial charge in [-0.05, 0) is 24.6 Å². The van der Waals surface area contributed by atoms with Gasteiger partial charge in [-0.15, -0.1) is 0 Å². The summed E-state index contributed by atoms with van der Waals surface area (Å²) < 4.78 is 10.0. The number of rotatable bonds is 3. The predicted molar refractivity (Wildman–Crippen MR) is 83.5 cm³/mol. The fourth-order valence-electron chi connectivity index (χ4n) is 2.05. The zero-order chi connectivity index (χ0) is 17.2. The van der Waals surface area contributed by atoms with Gasteiger partial charge in [-0.1, -0.05) is 6.07 Å². The van der Waals surface area contributed by atoms with Crippen LogP contribution in [0, 0.1) is 6.92 Å². The van der Waals surface area contributed by atoms with Gasteiger partial charge in [0.1, 0.15) is 0 Å². The van der Waals surface area contributed by atoms with Gasteiger partial charge in [-0.25, -0.2) is 9.59 Å². The molecule has 1 aliphatic rings. The van der Waals surface area contributed by atoms with Crippen LogP contribution in [0.4, 0.5) is 11.4 Å². The van der Waals surface area contributed by atoms with Crippen molar-refractivity contribution in [3.05, 3.63) is 35.5 Å². The first-order valence-electron chi connectivity index (χ1n) is 7.00. The molecule has 0 aliphatic carbocycles. The maximum Gasteiger partial charge on any atom is 0.350 e. The Kier molecular flexibility index (Phi) is 4.40. The first-order valence-corrected chi connectivity index (χ1v) is 7.00. The fraction of sp³-hybridized carbons (Fsp3) is 0.312. The average Bonchev–Trinajstić information content (AvgIpc) is 2.39. The third-order valence-electron chi connectivity index (χ3n) is 3.13. The van der Waals surface area contributed by atoms with Crippen molar-refractivity contribution < 1.29 is 23.9 Å². The van der Waals surface area contributed by atoms with Crippen LogP contribution in [-0.2, 0) is 23.9 Å². The Morgan fingerprint density at radius 2 is 1.70 bits per heavy atom. The van der Waals surface area contributed by atoms with Crippen LogP contribution in [-0.4, -0.2) is 23.6 Å². The predicted octanol–water partition coefficient (Wildman–Crippen LogP) is 2.09. The standard InChI is InChI=1S/C16H18N2O5/c1-9-12(6-5-7-13(9)18-10(2)19)17-8-11-14(20)22-16(3,4)23-15(11)21/h5-8,17H,1-4H3,(H,18,19). The smallest absolute Gasteiger partial charge is 0.350 e. The van der Waals surface area contributed by atoms with E-state index in [0.717, 1.165) is 5.56 Å². The van der Waals surface area contributed by atoms with Gasteiger partial charge in [-0.2, -0.15) is 0 Å². The molecule has 1 heterocycles. The average molecular weight is 318 g/mol. The minimum Gasteiger partial charge on any atom is -0.419 e. The van der Waals surface area contributed by atoms with Gasteiger partial charge >= 0.3 is 11.9 Å². The van der Waals surface area contributed by atoms with Crippen molar-refractivity contribution in [2.45, 2.75) is 33.5 Å². The molecule has 1 aromatic rings. The molecule has 2 N–H and O–H groups in total. The molecule has 2 rings (SSSR count). The van der Waals surface area contributed by atoms with Gasteiger partial charge in [0.15, 0.2) is 5.57 Å². The fourth-order valence-corrected chi connectivity index (χ4v) is 2.05. The second-order valence-corrected chi connectivity index (χ2v) is 5.54. The van der Waals surface area contributed by atoms with Crippen molar-refractivity contribution in [3.63, 3.8) is 0 Å². The van der Waals surface area contributed by atoms with E-state index in [4.69, 9.17) is 9.47 Å². The molecular formula is C16H18N2O5. The van der Waals surface area contributed by atoms with Crippen LogP contribution in [0.2, 0.25) is 0 Å². The summed E-state index contributed by atoms with van der Waals surface area (Å²) in [5.41, 5.74) is 1.80. The summed E-state index contributed by atoms with van der Waals surface area (Å²) in [5, 5.41) is 5.57. The van der Waals surface area contributed by atoms with E-state index in [9.17, 15) is 14.4 Å². The number of amides is 1. The number of benzene rings is 1. The summed E-state index contributed by atoms with van der Waals surface area (Å²) in [6.07, 6.45) is 1.24. The molecule has 0 saturated carbocycles. The maximum absolute atomic E-state index is 11.9. The lowest BCUT2D eigenvalue weighted by Crippen LogP contribution is -2.42. The third kappa shape index (κ3) is 3.88. The number of carbonyl (C=O) groups is 3. The van der Waals surface area contributed by atoms with E-state index >= 15 is 0 Å². The maximum atomic E-state index is 11.9. The lowest BCUT2D eigenvalue weighted by Gasteiger charge is -2.29. The zero-order valence-electron chi connectivity index (χ0n) is 13.4. The minimum absolute atomic E-state index is 0.190. The van der Waals surface area contributed by atoms with E-state index in [2.05, 4.69) is 10.6 Å². The molecule has 0 atom stereocenters. The first kappa shape index (κ1) is 16.5. The molecule has 0 spiro atoms. The summed E-state index contributed by atoms with van der Waals surface area (Å²) in [4.78, 5) is 34.9. The van der Waals surface area contributed by atoms with Gasteiger partial charge in [0, 0.05) is 38.3 Å². The van der Waals surface area contributed by atoms with Crippen molar-refractivity contribution in [2.24, 2.45) is 0 Å². The number of hydrogen-bond acceptors (Lipinski definition) is 6. The van der Waals surface area contributed by atoms with Crippen molar-refractivity contribution in [1.29, 1.82) is 0 Å². The minimum atomic E-state index is -1.27. The van der Waals surface area contributed by atoms with Crippen LogP contribution >= 0.6 is 0 Å². The van der Waals surface area contributed by atoms with Crippen molar-refractivity contribution in [1.82, 2.24) is 0 Å².